The Morgan fingerprint density at radius 3 is 2.32 bits per heavy atom. The molecule has 0 aliphatic rings. The molecule has 14 nitrogen and oxygen atoms in total. The maximum absolute atomic E-state index is 13.6. The van der Waals surface area contributed by atoms with E-state index in [4.69, 9.17) is 35.3 Å². The second kappa shape index (κ2) is 19.9. The maximum atomic E-state index is 13.6. The SMILES string of the molecule is COc1cc(/C=C/C(=O)Nc2ccc3ncnc(Nc4ccc(F)c(Cl)c4)c3c2)ccc1OCC(=O)NCCOCCOCCNC(=O)OC(C)(C)C. The first-order valence-electron chi connectivity index (χ1n) is 16.6. The second-order valence-electron chi connectivity index (χ2n) is 12.2. The van der Waals surface area contributed by atoms with Crippen LogP contribution in [0.15, 0.2) is 67.0 Å². The molecular weight excluding hydrogens is 711 g/mol. The Bertz CT molecular complexity index is 1910. The minimum Gasteiger partial charge on any atom is -0.493 e. The average Bonchev–Trinajstić information content (AvgIpc) is 3.11. The number of hydrogen-bond acceptors (Lipinski definition) is 11. The molecule has 3 amide bonds. The normalized spacial score (nSPS) is 11.3. The quantitative estimate of drug-likeness (QED) is 0.0707. The van der Waals surface area contributed by atoms with Gasteiger partial charge >= 0.3 is 6.09 Å². The third-order valence-corrected chi connectivity index (χ3v) is 7.20. The molecule has 0 aliphatic carbocycles. The summed E-state index contributed by atoms with van der Waals surface area (Å²) >= 11 is 5.91. The van der Waals surface area contributed by atoms with Crippen molar-refractivity contribution in [2.24, 2.45) is 0 Å². The molecule has 0 radical (unpaired) electrons. The number of halogens is 2. The lowest BCUT2D eigenvalue weighted by molar-refractivity contribution is -0.123. The van der Waals surface area contributed by atoms with Crippen LogP contribution < -0.4 is 30.7 Å². The van der Waals surface area contributed by atoms with E-state index >= 15 is 0 Å². The minimum absolute atomic E-state index is 0.0295. The molecule has 4 aromatic rings. The van der Waals surface area contributed by atoms with Crippen molar-refractivity contribution in [3.05, 3.63) is 83.4 Å². The third kappa shape index (κ3) is 13.9. The molecule has 4 N–H and O–H groups in total. The smallest absolute Gasteiger partial charge is 0.407 e. The number of carbonyl (C=O) groups excluding carboxylic acids is 3. The van der Waals surface area contributed by atoms with Crippen LogP contribution >= 0.6 is 11.6 Å². The molecule has 1 heterocycles. The van der Waals surface area contributed by atoms with E-state index in [1.54, 1.807) is 63.2 Å². The van der Waals surface area contributed by atoms with Gasteiger partial charge < -0.3 is 45.0 Å². The number of benzene rings is 3. The highest BCUT2D eigenvalue weighted by Gasteiger charge is 2.15. The van der Waals surface area contributed by atoms with Gasteiger partial charge in [0.25, 0.3) is 5.91 Å². The summed E-state index contributed by atoms with van der Waals surface area (Å²) in [4.78, 5) is 45.2. The number of carbonyl (C=O) groups is 3. The van der Waals surface area contributed by atoms with Crippen LogP contribution in [0.25, 0.3) is 17.0 Å². The zero-order valence-corrected chi connectivity index (χ0v) is 30.6. The first-order valence-corrected chi connectivity index (χ1v) is 16.9. The summed E-state index contributed by atoms with van der Waals surface area (Å²) in [6.45, 7) is 6.97. The van der Waals surface area contributed by atoms with Crippen LogP contribution in [0.1, 0.15) is 26.3 Å². The Morgan fingerprint density at radius 2 is 1.60 bits per heavy atom. The lowest BCUT2D eigenvalue weighted by atomic mass is 10.1. The number of fused-ring (bicyclic) bond motifs is 1. The molecule has 282 valence electrons. The summed E-state index contributed by atoms with van der Waals surface area (Å²) in [5.41, 5.74) is 1.77. The van der Waals surface area contributed by atoms with E-state index in [9.17, 15) is 18.8 Å². The van der Waals surface area contributed by atoms with Crippen molar-refractivity contribution < 1.29 is 42.5 Å². The van der Waals surface area contributed by atoms with Gasteiger partial charge in [0.1, 0.15) is 23.6 Å². The third-order valence-electron chi connectivity index (χ3n) is 6.91. The van der Waals surface area contributed by atoms with E-state index < -0.39 is 17.5 Å². The lowest BCUT2D eigenvalue weighted by Crippen LogP contribution is -2.34. The van der Waals surface area contributed by atoms with Crippen LogP contribution in [0, 0.1) is 5.82 Å². The van der Waals surface area contributed by atoms with Crippen molar-refractivity contribution in [2.45, 2.75) is 26.4 Å². The van der Waals surface area contributed by atoms with E-state index in [1.165, 1.54) is 37.7 Å². The number of amides is 3. The fourth-order valence-corrected chi connectivity index (χ4v) is 4.71. The molecule has 0 unspecified atom stereocenters. The van der Waals surface area contributed by atoms with Crippen molar-refractivity contribution in [2.75, 3.05) is 63.9 Å². The summed E-state index contributed by atoms with van der Waals surface area (Å²) in [5, 5.41) is 11.8. The summed E-state index contributed by atoms with van der Waals surface area (Å²) < 4.78 is 40.6. The zero-order valence-electron chi connectivity index (χ0n) is 29.8. The predicted molar refractivity (Wildman–Crippen MR) is 199 cm³/mol. The van der Waals surface area contributed by atoms with Crippen molar-refractivity contribution in [3.63, 3.8) is 0 Å². The molecule has 4 rings (SSSR count). The first-order chi connectivity index (χ1) is 25.4. The van der Waals surface area contributed by atoms with Crippen molar-refractivity contribution in [3.8, 4) is 11.5 Å². The van der Waals surface area contributed by atoms with Gasteiger partial charge in [-0.1, -0.05) is 17.7 Å². The standard InChI is InChI=1S/C37H42ClFN6O8/c1-37(2,3)53-36(48)41-14-16-51-18-17-50-15-13-40-34(47)22-52-31-11-5-24(19-32(31)49-4)6-12-33(46)44-25-8-10-30-27(20-25)35(43-23-42-30)45-26-7-9-29(39)28(38)21-26/h5-12,19-21,23H,13-18,22H2,1-4H3,(H,40,47)(H,41,48)(H,44,46)(H,42,43,45)/b12-6+. The number of methoxy groups -OCH3 is 1. The van der Waals surface area contributed by atoms with Crippen LogP contribution in [0.5, 0.6) is 11.5 Å². The molecule has 0 saturated heterocycles. The molecule has 0 spiro atoms. The Balaban J connectivity index is 1.17. The number of rotatable bonds is 18. The van der Waals surface area contributed by atoms with Crippen LogP contribution in [-0.2, 0) is 23.8 Å². The summed E-state index contributed by atoms with van der Waals surface area (Å²) in [6.07, 6.45) is 3.87. The molecule has 53 heavy (non-hydrogen) atoms. The van der Waals surface area contributed by atoms with Gasteiger partial charge in [0.2, 0.25) is 5.91 Å². The summed E-state index contributed by atoms with van der Waals surface area (Å²) in [7, 11) is 1.47. The number of nitrogens with one attached hydrogen (secondary N) is 4. The van der Waals surface area contributed by atoms with Gasteiger partial charge in [0.15, 0.2) is 18.1 Å². The number of nitrogens with zero attached hydrogens (tertiary/aromatic N) is 2. The van der Waals surface area contributed by atoms with Gasteiger partial charge in [-0.2, -0.15) is 0 Å². The minimum atomic E-state index is -0.559. The van der Waals surface area contributed by atoms with Crippen molar-refractivity contribution in [1.29, 1.82) is 0 Å². The van der Waals surface area contributed by atoms with E-state index in [1.807, 2.05) is 0 Å². The molecule has 0 saturated carbocycles. The zero-order chi connectivity index (χ0) is 38.2. The summed E-state index contributed by atoms with van der Waals surface area (Å²) in [5.74, 6) is -0.0862. The number of hydrogen-bond donors (Lipinski definition) is 4. The Labute approximate surface area is 311 Å². The van der Waals surface area contributed by atoms with Crippen LogP contribution in [0.3, 0.4) is 0 Å². The largest absolute Gasteiger partial charge is 0.493 e. The number of anilines is 3. The van der Waals surface area contributed by atoms with Gasteiger partial charge in [0.05, 0.1) is 44.1 Å². The Kier molecular flexibility index (Phi) is 15.1. The highest BCUT2D eigenvalue weighted by atomic mass is 35.5. The average molecular weight is 753 g/mol. The van der Waals surface area contributed by atoms with E-state index in [0.29, 0.717) is 71.5 Å². The second-order valence-corrected chi connectivity index (χ2v) is 12.6. The molecule has 0 fully saturated rings. The van der Waals surface area contributed by atoms with Crippen molar-refractivity contribution >= 4 is 63.7 Å². The van der Waals surface area contributed by atoms with Gasteiger partial charge in [-0.05, 0) is 80.9 Å². The topological polar surface area (TPSA) is 171 Å². The van der Waals surface area contributed by atoms with Gasteiger partial charge in [0, 0.05) is 35.9 Å². The van der Waals surface area contributed by atoms with Gasteiger partial charge in [-0.15, -0.1) is 0 Å². The van der Waals surface area contributed by atoms with Crippen molar-refractivity contribution in [1.82, 2.24) is 20.6 Å². The molecule has 0 bridgehead atoms. The summed E-state index contributed by atoms with van der Waals surface area (Å²) in [6, 6.07) is 14.4. The Morgan fingerprint density at radius 1 is 0.868 bits per heavy atom. The van der Waals surface area contributed by atoms with Gasteiger partial charge in [-0.25, -0.2) is 19.2 Å². The number of aromatic nitrogens is 2. The van der Waals surface area contributed by atoms with Crippen LogP contribution in [0.2, 0.25) is 5.02 Å². The molecule has 0 aliphatic heterocycles. The monoisotopic (exact) mass is 752 g/mol. The first kappa shape index (κ1) is 40.3. The Hall–Kier alpha value is -5.51. The molecular formula is C37H42ClFN6O8. The van der Waals surface area contributed by atoms with Crippen LogP contribution in [-0.4, -0.2) is 86.7 Å². The van der Waals surface area contributed by atoms with Crippen LogP contribution in [0.4, 0.5) is 26.4 Å². The predicted octanol–water partition coefficient (Wildman–Crippen LogP) is 5.88. The van der Waals surface area contributed by atoms with E-state index in [2.05, 4.69) is 31.2 Å². The lowest BCUT2D eigenvalue weighted by Gasteiger charge is -2.19. The van der Waals surface area contributed by atoms with E-state index in [-0.39, 0.29) is 36.6 Å². The van der Waals surface area contributed by atoms with E-state index in [0.717, 1.165) is 0 Å². The highest BCUT2D eigenvalue weighted by Crippen LogP contribution is 2.29. The fraction of sp³-hybridized carbons (Fsp3) is 0.324. The molecule has 3 aromatic carbocycles. The fourth-order valence-electron chi connectivity index (χ4n) is 4.53. The number of alkyl carbamates (subject to hydrolysis) is 1. The van der Waals surface area contributed by atoms with Gasteiger partial charge in [-0.3, -0.25) is 9.59 Å². The molecule has 1 aromatic heterocycles. The highest BCUT2D eigenvalue weighted by molar-refractivity contribution is 6.31. The molecule has 16 heteroatoms. The number of ether oxygens (including phenoxy) is 5. The maximum Gasteiger partial charge on any atom is 0.407 e. The molecule has 0 atom stereocenters.